The summed E-state index contributed by atoms with van der Waals surface area (Å²) in [4.78, 5) is 38.0. The van der Waals surface area contributed by atoms with E-state index >= 15 is 0 Å². The van der Waals surface area contributed by atoms with Gasteiger partial charge in [0.25, 0.3) is 0 Å². The van der Waals surface area contributed by atoms with Gasteiger partial charge in [0.15, 0.2) is 0 Å². The van der Waals surface area contributed by atoms with E-state index in [0.717, 1.165) is 45.3 Å². The van der Waals surface area contributed by atoms with E-state index in [2.05, 4.69) is 25.5 Å². The molecule has 43 heavy (non-hydrogen) atoms. The second-order valence-corrected chi connectivity index (χ2v) is 12.0. The van der Waals surface area contributed by atoms with Gasteiger partial charge in [-0.2, -0.15) is 0 Å². The Bertz CT molecular complexity index is 1560. The number of carbonyl (C=O) groups excluding carboxylic acids is 2. The number of esters is 1. The van der Waals surface area contributed by atoms with Crippen molar-refractivity contribution in [3.63, 3.8) is 0 Å². The van der Waals surface area contributed by atoms with Crippen molar-refractivity contribution in [1.29, 1.82) is 0 Å². The van der Waals surface area contributed by atoms with Crippen molar-refractivity contribution in [3.05, 3.63) is 59.7 Å². The topological polar surface area (TPSA) is 109 Å². The Morgan fingerprint density at radius 3 is 2.79 bits per heavy atom. The summed E-state index contributed by atoms with van der Waals surface area (Å²) in [7, 11) is 1.94. The van der Waals surface area contributed by atoms with E-state index < -0.39 is 11.4 Å². The van der Waals surface area contributed by atoms with Crippen LogP contribution >= 0.6 is 11.6 Å². The first kappa shape index (κ1) is 29.3. The van der Waals surface area contributed by atoms with Crippen LogP contribution in [0.2, 0.25) is 5.02 Å². The highest BCUT2D eigenvalue weighted by molar-refractivity contribution is 6.31. The van der Waals surface area contributed by atoms with Crippen molar-refractivity contribution in [2.24, 2.45) is 5.92 Å². The second kappa shape index (κ2) is 12.4. The van der Waals surface area contributed by atoms with Gasteiger partial charge in [0.2, 0.25) is 5.91 Å². The Hall–Kier alpha value is -3.80. The number of amides is 1. The lowest BCUT2D eigenvalue weighted by Gasteiger charge is -2.45. The summed E-state index contributed by atoms with van der Waals surface area (Å²) in [5.74, 6) is 0.563. The molecule has 3 fully saturated rings. The number of fused-ring (bicyclic) bond motifs is 1. The van der Waals surface area contributed by atoms with E-state index in [-0.39, 0.29) is 16.9 Å². The standard InChI is InChI=1S/C31H34ClFN6O4/c1-38-16-29(41)43-31(18-38)8-11-39(12-9-31)10-2-3-28(40)37-26-14-22-25(15-27(26)42-17-20-4-5-20)34-19-35-30(22)36-21-6-7-24(33)23(32)13-21/h2-3,6-7,13-15,19-20H,4-5,8-12,16-18H2,1H3,(H,37,40)(H,34,35,36)/b3-2+. The molecule has 2 N–H and O–H groups in total. The number of benzene rings is 2. The number of nitrogens with one attached hydrogen (secondary N) is 2. The SMILES string of the molecule is CN1CC(=O)OC2(CCN(C/C=C/C(=O)Nc3cc4c(Nc5ccc(F)c(Cl)c5)ncnc4cc3OCC3CC3)CC2)C1. The predicted octanol–water partition coefficient (Wildman–Crippen LogP) is 4.77. The van der Waals surface area contributed by atoms with Gasteiger partial charge in [-0.25, -0.2) is 14.4 Å². The van der Waals surface area contributed by atoms with E-state index in [1.807, 2.05) is 18.0 Å². The Kier molecular flexibility index (Phi) is 8.47. The zero-order valence-electron chi connectivity index (χ0n) is 23.9. The van der Waals surface area contributed by atoms with Crippen LogP contribution in [-0.4, -0.2) is 83.6 Å². The first-order chi connectivity index (χ1) is 20.7. The Balaban J connectivity index is 1.14. The number of piperidine rings is 1. The van der Waals surface area contributed by atoms with Crippen molar-refractivity contribution in [2.75, 3.05) is 57.0 Å². The summed E-state index contributed by atoms with van der Waals surface area (Å²) < 4.78 is 25.5. The van der Waals surface area contributed by atoms with Gasteiger partial charge in [-0.05, 0) is 50.1 Å². The minimum absolute atomic E-state index is 0.00653. The average Bonchev–Trinajstić information content (AvgIpc) is 3.79. The number of halogens is 2. The summed E-state index contributed by atoms with van der Waals surface area (Å²) in [5.41, 5.74) is 1.28. The molecule has 0 unspecified atom stereocenters. The molecule has 2 aliphatic heterocycles. The van der Waals surface area contributed by atoms with E-state index in [4.69, 9.17) is 21.1 Å². The van der Waals surface area contributed by atoms with Crippen molar-refractivity contribution >= 4 is 51.6 Å². The number of likely N-dealkylation sites (N-methyl/N-ethyl adjacent to an activating group) is 1. The minimum atomic E-state index is -0.512. The first-order valence-electron chi connectivity index (χ1n) is 14.5. The highest BCUT2D eigenvalue weighted by atomic mass is 35.5. The zero-order valence-corrected chi connectivity index (χ0v) is 24.7. The molecular formula is C31H34ClFN6O4. The van der Waals surface area contributed by atoms with Crippen LogP contribution in [0.5, 0.6) is 5.75 Å². The molecule has 3 heterocycles. The number of hydrogen-bond acceptors (Lipinski definition) is 9. The number of likely N-dealkylation sites (tertiary alicyclic amines) is 1. The van der Waals surface area contributed by atoms with Gasteiger partial charge in [0, 0.05) is 62.2 Å². The monoisotopic (exact) mass is 608 g/mol. The molecule has 6 rings (SSSR count). The highest BCUT2D eigenvalue weighted by Gasteiger charge is 2.42. The van der Waals surface area contributed by atoms with Crippen LogP contribution in [0.25, 0.3) is 10.9 Å². The smallest absolute Gasteiger partial charge is 0.320 e. The van der Waals surface area contributed by atoms with Crippen LogP contribution in [0, 0.1) is 11.7 Å². The summed E-state index contributed by atoms with van der Waals surface area (Å²) >= 11 is 5.96. The van der Waals surface area contributed by atoms with Crippen molar-refractivity contribution < 1.29 is 23.5 Å². The van der Waals surface area contributed by atoms with E-state index in [0.29, 0.717) is 59.5 Å². The number of carbonyl (C=O) groups is 2. The molecule has 2 aromatic carbocycles. The Morgan fingerprint density at radius 1 is 1.23 bits per heavy atom. The van der Waals surface area contributed by atoms with Crippen LogP contribution in [0.4, 0.5) is 21.6 Å². The first-order valence-corrected chi connectivity index (χ1v) is 14.9. The maximum absolute atomic E-state index is 13.7. The molecule has 1 aliphatic carbocycles. The molecule has 1 aromatic heterocycles. The van der Waals surface area contributed by atoms with Gasteiger partial charge in [-0.3, -0.25) is 19.4 Å². The largest absolute Gasteiger partial charge is 0.491 e. The number of morpholine rings is 1. The zero-order chi connectivity index (χ0) is 30.0. The molecule has 226 valence electrons. The van der Waals surface area contributed by atoms with Crippen LogP contribution in [-0.2, 0) is 14.3 Å². The fourth-order valence-corrected chi connectivity index (χ4v) is 5.74. The third-order valence-electron chi connectivity index (χ3n) is 8.04. The lowest BCUT2D eigenvalue weighted by Crippen LogP contribution is -2.57. The maximum Gasteiger partial charge on any atom is 0.320 e. The van der Waals surface area contributed by atoms with Crippen molar-refractivity contribution in [3.8, 4) is 5.75 Å². The third kappa shape index (κ3) is 7.23. The summed E-state index contributed by atoms with van der Waals surface area (Å²) in [6, 6.07) is 7.90. The maximum atomic E-state index is 13.7. The number of aromatic nitrogens is 2. The lowest BCUT2D eigenvalue weighted by molar-refractivity contribution is -0.179. The van der Waals surface area contributed by atoms with Gasteiger partial charge in [-0.15, -0.1) is 0 Å². The normalized spacial score (nSPS) is 19.1. The number of rotatable bonds is 9. The minimum Gasteiger partial charge on any atom is -0.491 e. The van der Waals surface area contributed by atoms with Gasteiger partial charge in [0.05, 0.1) is 29.4 Å². The van der Waals surface area contributed by atoms with Gasteiger partial charge < -0.3 is 20.1 Å². The number of anilines is 3. The molecule has 1 spiro atoms. The highest BCUT2D eigenvalue weighted by Crippen LogP contribution is 2.36. The fraction of sp³-hybridized carbons (Fsp3) is 0.419. The Morgan fingerprint density at radius 2 is 2.05 bits per heavy atom. The van der Waals surface area contributed by atoms with Gasteiger partial charge in [-0.1, -0.05) is 17.7 Å². The number of ether oxygens (including phenoxy) is 2. The van der Waals surface area contributed by atoms with Gasteiger partial charge in [0.1, 0.15) is 29.3 Å². The van der Waals surface area contributed by atoms with Crippen LogP contribution < -0.4 is 15.4 Å². The fourth-order valence-electron chi connectivity index (χ4n) is 5.56. The van der Waals surface area contributed by atoms with Crippen LogP contribution in [0.1, 0.15) is 25.7 Å². The predicted molar refractivity (Wildman–Crippen MR) is 162 cm³/mol. The molecule has 1 amide bonds. The number of nitrogens with zero attached hydrogens (tertiary/aromatic N) is 4. The summed E-state index contributed by atoms with van der Waals surface area (Å²) in [5, 5.41) is 6.77. The van der Waals surface area contributed by atoms with Crippen molar-refractivity contribution in [2.45, 2.75) is 31.3 Å². The average molecular weight is 609 g/mol. The van der Waals surface area contributed by atoms with Crippen LogP contribution in [0.3, 0.4) is 0 Å². The molecule has 1 saturated carbocycles. The molecule has 0 atom stereocenters. The van der Waals surface area contributed by atoms with E-state index in [1.54, 1.807) is 18.2 Å². The van der Waals surface area contributed by atoms with Gasteiger partial charge >= 0.3 is 5.97 Å². The molecule has 12 heteroatoms. The Labute approximate surface area is 254 Å². The molecule has 3 aliphatic rings. The molecule has 0 bridgehead atoms. The van der Waals surface area contributed by atoms with Crippen LogP contribution in [0.15, 0.2) is 48.8 Å². The quantitative estimate of drug-likeness (QED) is 0.262. The molecule has 2 saturated heterocycles. The lowest BCUT2D eigenvalue weighted by atomic mass is 9.89. The summed E-state index contributed by atoms with van der Waals surface area (Å²) in [6.45, 7) is 3.83. The molecular weight excluding hydrogens is 575 g/mol. The van der Waals surface area contributed by atoms with E-state index in [1.165, 1.54) is 24.5 Å². The third-order valence-corrected chi connectivity index (χ3v) is 8.33. The summed E-state index contributed by atoms with van der Waals surface area (Å²) in [6.07, 6.45) is 8.59. The second-order valence-electron chi connectivity index (χ2n) is 11.6. The number of hydrogen-bond donors (Lipinski definition) is 2. The molecule has 10 nitrogen and oxygen atoms in total. The van der Waals surface area contributed by atoms with E-state index in [9.17, 15) is 14.0 Å². The molecule has 0 radical (unpaired) electrons. The molecule has 3 aromatic rings. The van der Waals surface area contributed by atoms with Crippen molar-refractivity contribution in [1.82, 2.24) is 19.8 Å².